The average molecular weight is 481 g/mol. The molecule has 0 bridgehead atoms. The van der Waals surface area contributed by atoms with Gasteiger partial charge in [0.25, 0.3) is 5.91 Å². The Morgan fingerprint density at radius 3 is 2.66 bits per heavy atom. The summed E-state index contributed by atoms with van der Waals surface area (Å²) in [6, 6.07) is 7.12. The Balaban J connectivity index is 1.64. The van der Waals surface area contributed by atoms with E-state index in [9.17, 15) is 4.79 Å². The summed E-state index contributed by atoms with van der Waals surface area (Å²) < 4.78 is 11.4. The van der Waals surface area contributed by atoms with Crippen LogP contribution in [0.3, 0.4) is 0 Å². The van der Waals surface area contributed by atoms with Crippen LogP contribution in [0.25, 0.3) is 0 Å². The van der Waals surface area contributed by atoms with Crippen molar-refractivity contribution in [2.45, 2.75) is 46.6 Å². The number of nitriles is 1. The van der Waals surface area contributed by atoms with Gasteiger partial charge >= 0.3 is 0 Å². The topological polar surface area (TPSA) is 112 Å². The van der Waals surface area contributed by atoms with Crippen LogP contribution in [0.5, 0.6) is 11.5 Å². The molecule has 0 atom stereocenters. The molecule has 2 aromatic rings. The predicted octanol–water partition coefficient (Wildman–Crippen LogP) is 3.61. The molecule has 3 rings (SSSR count). The van der Waals surface area contributed by atoms with Crippen LogP contribution >= 0.6 is 0 Å². The molecule has 9 heteroatoms. The number of amides is 1. The summed E-state index contributed by atoms with van der Waals surface area (Å²) in [5.74, 6) is 1.52. The summed E-state index contributed by atoms with van der Waals surface area (Å²) in [7, 11) is 1.59. The maximum atomic E-state index is 12.9. The minimum Gasteiger partial charge on any atom is -0.493 e. The number of hydrogen-bond donors (Lipinski definition) is 2. The van der Waals surface area contributed by atoms with Crippen LogP contribution in [0.4, 0.5) is 5.82 Å². The standard InChI is InChI=1S/C26H36N6O3/c1-26(2,3)18-30-24-20(16-28-23(15-27)31-24)17-29-25(33)19-8-9-21(34-4)22(14-19)35-13-12-32-10-6-5-7-11-32/h8-9,14,16H,5-7,10-13,17-18H2,1-4H3,(H,29,33)(H,28,30,31). The summed E-state index contributed by atoms with van der Waals surface area (Å²) in [5, 5.41) is 15.3. The number of carbonyl (C=O) groups is 1. The van der Waals surface area contributed by atoms with Crippen LogP contribution in [-0.4, -0.2) is 60.7 Å². The van der Waals surface area contributed by atoms with Gasteiger partial charge in [-0.15, -0.1) is 0 Å². The summed E-state index contributed by atoms with van der Waals surface area (Å²) in [6.07, 6.45) is 5.33. The second kappa shape index (κ2) is 12.4. The first kappa shape index (κ1) is 26.2. The van der Waals surface area contributed by atoms with Crippen molar-refractivity contribution in [2.24, 2.45) is 5.41 Å². The van der Waals surface area contributed by atoms with Gasteiger partial charge in [0, 0.05) is 37.0 Å². The lowest BCUT2D eigenvalue weighted by molar-refractivity contribution is 0.0950. The van der Waals surface area contributed by atoms with Gasteiger partial charge in [-0.05, 0) is 49.5 Å². The molecule has 0 radical (unpaired) electrons. The maximum absolute atomic E-state index is 12.9. The number of ether oxygens (including phenoxy) is 2. The normalized spacial score (nSPS) is 14.1. The van der Waals surface area contributed by atoms with E-state index in [1.165, 1.54) is 19.3 Å². The van der Waals surface area contributed by atoms with Crippen LogP contribution in [0, 0.1) is 16.7 Å². The molecule has 2 heterocycles. The second-order valence-corrected chi connectivity index (χ2v) is 9.89. The van der Waals surface area contributed by atoms with E-state index in [0.717, 1.165) is 19.6 Å². The van der Waals surface area contributed by atoms with E-state index < -0.39 is 0 Å². The summed E-state index contributed by atoms with van der Waals surface area (Å²) in [5.41, 5.74) is 1.19. The van der Waals surface area contributed by atoms with Crippen LogP contribution in [-0.2, 0) is 6.54 Å². The third kappa shape index (κ3) is 8.11. The van der Waals surface area contributed by atoms with Crippen molar-refractivity contribution >= 4 is 11.7 Å². The van der Waals surface area contributed by atoms with Gasteiger partial charge in [-0.2, -0.15) is 5.26 Å². The molecule has 188 valence electrons. The minimum absolute atomic E-state index is 0.0196. The monoisotopic (exact) mass is 480 g/mol. The fraction of sp³-hybridized carbons (Fsp3) is 0.538. The van der Waals surface area contributed by atoms with Gasteiger partial charge in [-0.3, -0.25) is 9.69 Å². The number of nitrogens with zero attached hydrogens (tertiary/aromatic N) is 4. The van der Waals surface area contributed by atoms with Crippen LogP contribution in [0.2, 0.25) is 0 Å². The molecule has 1 aliphatic heterocycles. The third-order valence-corrected chi connectivity index (χ3v) is 5.73. The molecule has 0 saturated carbocycles. The van der Waals surface area contributed by atoms with E-state index in [1.54, 1.807) is 31.5 Å². The van der Waals surface area contributed by atoms with E-state index in [2.05, 4.69) is 46.3 Å². The summed E-state index contributed by atoms with van der Waals surface area (Å²) >= 11 is 0. The molecule has 9 nitrogen and oxygen atoms in total. The molecule has 2 N–H and O–H groups in total. The van der Waals surface area contributed by atoms with Crippen molar-refractivity contribution in [1.82, 2.24) is 20.2 Å². The van der Waals surface area contributed by atoms with E-state index in [-0.39, 0.29) is 23.7 Å². The van der Waals surface area contributed by atoms with E-state index in [1.807, 2.05) is 6.07 Å². The summed E-state index contributed by atoms with van der Waals surface area (Å²) in [4.78, 5) is 23.7. The SMILES string of the molecule is COc1ccc(C(=O)NCc2cnc(C#N)nc2NCC(C)(C)C)cc1OCCN1CCCCC1. The number of aromatic nitrogens is 2. The first-order valence-corrected chi connectivity index (χ1v) is 12.1. The lowest BCUT2D eigenvalue weighted by Gasteiger charge is -2.26. The Kier molecular flexibility index (Phi) is 9.26. The minimum atomic E-state index is -0.250. The zero-order valence-corrected chi connectivity index (χ0v) is 21.2. The molecule has 1 aromatic carbocycles. The van der Waals surface area contributed by atoms with Crippen LogP contribution < -0.4 is 20.1 Å². The predicted molar refractivity (Wildman–Crippen MR) is 135 cm³/mol. The zero-order chi connectivity index (χ0) is 25.3. The Bertz CT molecular complexity index is 1040. The Labute approximate surface area is 207 Å². The Morgan fingerprint density at radius 1 is 1.20 bits per heavy atom. The largest absolute Gasteiger partial charge is 0.493 e. The van der Waals surface area contributed by atoms with E-state index in [4.69, 9.17) is 14.7 Å². The highest BCUT2D eigenvalue weighted by molar-refractivity contribution is 5.94. The van der Waals surface area contributed by atoms with Crippen LogP contribution in [0.15, 0.2) is 24.4 Å². The fourth-order valence-corrected chi connectivity index (χ4v) is 3.77. The lowest BCUT2D eigenvalue weighted by atomic mass is 9.97. The van der Waals surface area contributed by atoms with Crippen molar-refractivity contribution in [3.63, 3.8) is 0 Å². The molecular formula is C26H36N6O3. The van der Waals surface area contributed by atoms with Gasteiger partial charge < -0.3 is 20.1 Å². The van der Waals surface area contributed by atoms with Gasteiger partial charge in [0.05, 0.1) is 7.11 Å². The second-order valence-electron chi connectivity index (χ2n) is 9.89. The number of benzene rings is 1. The Hall–Kier alpha value is -3.38. The average Bonchev–Trinajstić information content (AvgIpc) is 2.86. The fourth-order valence-electron chi connectivity index (χ4n) is 3.77. The first-order chi connectivity index (χ1) is 16.8. The molecule has 1 amide bonds. The Morgan fingerprint density at radius 2 is 1.97 bits per heavy atom. The molecule has 1 saturated heterocycles. The summed E-state index contributed by atoms with van der Waals surface area (Å²) in [6.45, 7) is 10.8. The number of nitrogens with one attached hydrogen (secondary N) is 2. The molecule has 35 heavy (non-hydrogen) atoms. The number of hydrogen-bond acceptors (Lipinski definition) is 8. The molecule has 0 aliphatic carbocycles. The maximum Gasteiger partial charge on any atom is 0.251 e. The number of piperidine rings is 1. The number of carbonyl (C=O) groups excluding carboxylic acids is 1. The number of rotatable bonds is 10. The van der Waals surface area contributed by atoms with Crippen molar-refractivity contribution in [3.8, 4) is 17.6 Å². The highest BCUT2D eigenvalue weighted by atomic mass is 16.5. The quantitative estimate of drug-likeness (QED) is 0.530. The van der Waals surface area contributed by atoms with Crippen molar-refractivity contribution in [2.75, 3.05) is 45.2 Å². The van der Waals surface area contributed by atoms with E-state index in [0.29, 0.717) is 41.6 Å². The lowest BCUT2D eigenvalue weighted by Crippen LogP contribution is -2.33. The number of anilines is 1. The smallest absolute Gasteiger partial charge is 0.251 e. The van der Waals surface area contributed by atoms with Crippen molar-refractivity contribution in [1.29, 1.82) is 5.26 Å². The molecule has 0 spiro atoms. The zero-order valence-electron chi connectivity index (χ0n) is 21.2. The van der Waals surface area contributed by atoms with Gasteiger partial charge in [0.15, 0.2) is 11.5 Å². The van der Waals surface area contributed by atoms with E-state index >= 15 is 0 Å². The van der Waals surface area contributed by atoms with Gasteiger partial charge in [0.1, 0.15) is 18.5 Å². The van der Waals surface area contributed by atoms with Crippen molar-refractivity contribution in [3.05, 3.63) is 41.3 Å². The third-order valence-electron chi connectivity index (χ3n) is 5.73. The van der Waals surface area contributed by atoms with Crippen LogP contribution in [0.1, 0.15) is 61.8 Å². The highest BCUT2D eigenvalue weighted by Crippen LogP contribution is 2.28. The van der Waals surface area contributed by atoms with Gasteiger partial charge in [-0.1, -0.05) is 27.2 Å². The van der Waals surface area contributed by atoms with Gasteiger partial charge in [0.2, 0.25) is 5.82 Å². The molecule has 1 fully saturated rings. The van der Waals surface area contributed by atoms with Gasteiger partial charge in [-0.25, -0.2) is 9.97 Å². The van der Waals surface area contributed by atoms with Crippen molar-refractivity contribution < 1.29 is 14.3 Å². The number of likely N-dealkylation sites (tertiary alicyclic amines) is 1. The first-order valence-electron chi connectivity index (χ1n) is 12.1. The molecule has 1 aliphatic rings. The highest BCUT2D eigenvalue weighted by Gasteiger charge is 2.16. The molecule has 0 unspecified atom stereocenters. The molecule has 1 aromatic heterocycles. The number of methoxy groups -OCH3 is 1. The molecular weight excluding hydrogens is 444 g/mol.